The fraction of sp³-hybridized carbons (Fsp3) is 0.333. The predicted molar refractivity (Wildman–Crippen MR) is 111 cm³/mol. The lowest BCUT2D eigenvalue weighted by Crippen LogP contribution is -2.24. The van der Waals surface area contributed by atoms with Crippen LogP contribution in [0.4, 0.5) is 18.9 Å². The fourth-order valence-corrected chi connectivity index (χ4v) is 4.69. The van der Waals surface area contributed by atoms with Crippen molar-refractivity contribution < 1.29 is 27.5 Å². The van der Waals surface area contributed by atoms with E-state index in [0.717, 1.165) is 36.7 Å². The molecule has 0 aliphatic carbocycles. The minimum absolute atomic E-state index is 0.136. The molecule has 0 fully saturated rings. The lowest BCUT2D eigenvalue weighted by atomic mass is 10.2. The molecule has 1 N–H and O–H groups in total. The van der Waals surface area contributed by atoms with Crippen molar-refractivity contribution in [2.45, 2.75) is 39.2 Å². The molecule has 1 aliphatic rings. The molecular formula is C21H18F3N3O4S. The molecule has 1 aromatic carbocycles. The maximum atomic E-state index is 13.7. The largest absolute Gasteiger partial charge is 0.451 e. The third-order valence-corrected chi connectivity index (χ3v) is 6.41. The zero-order valence-electron chi connectivity index (χ0n) is 17.0. The summed E-state index contributed by atoms with van der Waals surface area (Å²) in [7, 11) is 0. The molecule has 2 aromatic heterocycles. The summed E-state index contributed by atoms with van der Waals surface area (Å²) < 4.78 is 46.6. The number of hydrogen-bond donors (Lipinski definition) is 1. The Morgan fingerprint density at radius 3 is 2.75 bits per heavy atom. The lowest BCUT2D eigenvalue weighted by molar-refractivity contribution is -0.119. The zero-order valence-corrected chi connectivity index (χ0v) is 17.8. The molecule has 3 heterocycles. The second kappa shape index (κ2) is 8.73. The summed E-state index contributed by atoms with van der Waals surface area (Å²) in [6.07, 6.45) is 3.52. The Morgan fingerprint density at radius 1 is 1.19 bits per heavy atom. The van der Waals surface area contributed by atoms with E-state index in [-0.39, 0.29) is 10.4 Å². The van der Waals surface area contributed by atoms with Crippen molar-refractivity contribution in [1.82, 2.24) is 9.55 Å². The second-order valence-electron chi connectivity index (χ2n) is 7.38. The smallest absolute Gasteiger partial charge is 0.349 e. The van der Waals surface area contributed by atoms with Crippen LogP contribution in [0.5, 0.6) is 0 Å². The molecule has 7 nitrogen and oxygen atoms in total. The molecule has 4 rings (SSSR count). The Balaban J connectivity index is 1.51. The molecule has 0 saturated carbocycles. The number of aromatic nitrogens is 2. The molecular weight excluding hydrogens is 447 g/mol. The van der Waals surface area contributed by atoms with E-state index in [0.29, 0.717) is 40.6 Å². The molecule has 168 valence electrons. The van der Waals surface area contributed by atoms with Crippen LogP contribution in [-0.2, 0) is 22.5 Å². The lowest BCUT2D eigenvalue weighted by Gasteiger charge is -2.08. The van der Waals surface area contributed by atoms with Crippen LogP contribution in [-0.4, -0.2) is 28.0 Å². The van der Waals surface area contributed by atoms with Gasteiger partial charge >= 0.3 is 5.97 Å². The normalized spacial score (nSPS) is 13.5. The predicted octanol–water partition coefficient (Wildman–Crippen LogP) is 3.71. The molecule has 0 unspecified atom stereocenters. The highest BCUT2D eigenvalue weighted by Gasteiger charge is 2.24. The Hall–Kier alpha value is -3.21. The third kappa shape index (κ3) is 3.99. The maximum Gasteiger partial charge on any atom is 0.349 e. The van der Waals surface area contributed by atoms with Gasteiger partial charge in [0.15, 0.2) is 24.1 Å². The highest BCUT2D eigenvalue weighted by atomic mass is 32.1. The van der Waals surface area contributed by atoms with Gasteiger partial charge in [0.05, 0.1) is 11.1 Å². The van der Waals surface area contributed by atoms with E-state index in [9.17, 15) is 27.6 Å². The number of carbonyl (C=O) groups excluding carboxylic acids is 2. The number of fused-ring (bicyclic) bond motifs is 2. The van der Waals surface area contributed by atoms with Crippen LogP contribution in [0, 0.1) is 24.4 Å². The number of ether oxygens (including phenoxy) is 1. The number of thiophene rings is 1. The molecule has 32 heavy (non-hydrogen) atoms. The van der Waals surface area contributed by atoms with Crippen molar-refractivity contribution in [3.8, 4) is 0 Å². The minimum Gasteiger partial charge on any atom is -0.451 e. The molecule has 0 saturated heterocycles. The van der Waals surface area contributed by atoms with Gasteiger partial charge in [0.2, 0.25) is 0 Å². The Morgan fingerprint density at radius 2 is 1.97 bits per heavy atom. The highest BCUT2D eigenvalue weighted by Crippen LogP contribution is 2.29. The molecule has 1 aliphatic heterocycles. The Bertz CT molecular complexity index is 1300. The summed E-state index contributed by atoms with van der Waals surface area (Å²) in [4.78, 5) is 42.6. The van der Waals surface area contributed by atoms with Crippen molar-refractivity contribution in [3.63, 3.8) is 0 Å². The topological polar surface area (TPSA) is 90.3 Å². The first-order chi connectivity index (χ1) is 15.3. The van der Waals surface area contributed by atoms with E-state index < -0.39 is 41.6 Å². The van der Waals surface area contributed by atoms with Crippen molar-refractivity contribution >= 4 is 39.1 Å². The number of rotatable bonds is 4. The number of esters is 1. The van der Waals surface area contributed by atoms with Crippen molar-refractivity contribution in [1.29, 1.82) is 0 Å². The van der Waals surface area contributed by atoms with Gasteiger partial charge in [0, 0.05) is 13.0 Å². The number of hydrogen-bond acceptors (Lipinski definition) is 6. The number of nitrogens with zero attached hydrogens (tertiary/aromatic N) is 2. The van der Waals surface area contributed by atoms with E-state index in [1.165, 1.54) is 0 Å². The van der Waals surface area contributed by atoms with Gasteiger partial charge in [-0.25, -0.2) is 22.9 Å². The zero-order chi connectivity index (χ0) is 23.0. The van der Waals surface area contributed by atoms with Gasteiger partial charge in [-0.15, -0.1) is 11.3 Å². The molecule has 1 amide bonds. The van der Waals surface area contributed by atoms with E-state index in [1.54, 1.807) is 11.5 Å². The van der Waals surface area contributed by atoms with Crippen LogP contribution in [0.25, 0.3) is 10.2 Å². The van der Waals surface area contributed by atoms with Gasteiger partial charge in [0.25, 0.3) is 11.5 Å². The number of amides is 1. The second-order valence-corrected chi connectivity index (χ2v) is 8.38. The monoisotopic (exact) mass is 465 g/mol. The standard InChI is InChI=1S/C21H18F3N3O4S/c1-10-15-19(26-13-5-3-2-4-8-27(13)20(15)29)32-18(10)21(30)31-9-14(28)25-12-7-6-11(22)16(23)17(12)24/h6-7H,2-5,8-9H2,1H3,(H,25,28). The van der Waals surface area contributed by atoms with Gasteiger partial charge in [-0.2, -0.15) is 0 Å². The van der Waals surface area contributed by atoms with Gasteiger partial charge < -0.3 is 10.1 Å². The first-order valence-electron chi connectivity index (χ1n) is 9.91. The molecule has 11 heteroatoms. The van der Waals surface area contributed by atoms with Crippen LogP contribution >= 0.6 is 11.3 Å². The van der Waals surface area contributed by atoms with E-state index in [2.05, 4.69) is 4.98 Å². The summed E-state index contributed by atoms with van der Waals surface area (Å²) in [5, 5.41) is 2.37. The Labute approximate surface area is 183 Å². The van der Waals surface area contributed by atoms with E-state index in [1.807, 2.05) is 5.32 Å². The van der Waals surface area contributed by atoms with Crippen LogP contribution < -0.4 is 10.9 Å². The first kappa shape index (κ1) is 22.0. The maximum absolute atomic E-state index is 13.7. The summed E-state index contributed by atoms with van der Waals surface area (Å²) in [5.41, 5.74) is -0.368. The summed E-state index contributed by atoms with van der Waals surface area (Å²) in [6, 6.07) is 1.51. The number of carbonyl (C=O) groups is 2. The van der Waals surface area contributed by atoms with Crippen LogP contribution in [0.15, 0.2) is 16.9 Å². The quantitative estimate of drug-likeness (QED) is 0.469. The third-order valence-electron chi connectivity index (χ3n) is 5.24. The van der Waals surface area contributed by atoms with Crippen molar-refractivity contribution in [2.75, 3.05) is 11.9 Å². The number of halogens is 3. The number of anilines is 1. The molecule has 0 atom stereocenters. The van der Waals surface area contributed by atoms with Crippen LogP contribution in [0.1, 0.15) is 40.3 Å². The molecule has 0 bridgehead atoms. The molecule has 0 radical (unpaired) electrons. The fourth-order valence-electron chi connectivity index (χ4n) is 3.61. The summed E-state index contributed by atoms with van der Waals surface area (Å²) in [5.74, 6) is -5.77. The van der Waals surface area contributed by atoms with Crippen LogP contribution in [0.3, 0.4) is 0 Å². The number of aryl methyl sites for hydroxylation is 2. The van der Waals surface area contributed by atoms with Gasteiger partial charge in [0.1, 0.15) is 15.5 Å². The average molecular weight is 465 g/mol. The number of nitrogens with one attached hydrogen (secondary N) is 1. The van der Waals surface area contributed by atoms with Crippen LogP contribution in [0.2, 0.25) is 0 Å². The van der Waals surface area contributed by atoms with E-state index >= 15 is 0 Å². The molecule has 3 aromatic rings. The first-order valence-corrected chi connectivity index (χ1v) is 10.7. The minimum atomic E-state index is -1.72. The molecule has 0 spiro atoms. The van der Waals surface area contributed by atoms with E-state index in [4.69, 9.17) is 4.74 Å². The van der Waals surface area contributed by atoms with Crippen molar-refractivity contribution in [2.24, 2.45) is 0 Å². The SMILES string of the molecule is Cc1c(C(=O)OCC(=O)Nc2ccc(F)c(F)c2F)sc2nc3n(c(=O)c12)CCCCC3. The van der Waals surface area contributed by atoms with Gasteiger partial charge in [-0.05, 0) is 37.5 Å². The van der Waals surface area contributed by atoms with Crippen molar-refractivity contribution in [3.05, 3.63) is 56.2 Å². The van der Waals surface area contributed by atoms with Gasteiger partial charge in [-0.1, -0.05) is 6.42 Å². The average Bonchev–Trinajstić information content (AvgIpc) is 2.93. The van der Waals surface area contributed by atoms with Gasteiger partial charge in [-0.3, -0.25) is 14.2 Å². The number of benzene rings is 1. The highest BCUT2D eigenvalue weighted by molar-refractivity contribution is 7.20. The Kier molecular flexibility index (Phi) is 6.00. The summed E-state index contributed by atoms with van der Waals surface area (Å²) in [6.45, 7) is 1.40. The summed E-state index contributed by atoms with van der Waals surface area (Å²) >= 11 is 1.01.